The average molecular weight is 706 g/mol. The van der Waals surface area contributed by atoms with E-state index < -0.39 is 12.0 Å². The van der Waals surface area contributed by atoms with E-state index in [0.717, 1.165) is 16.7 Å². The number of methoxy groups -OCH3 is 1. The van der Waals surface area contributed by atoms with Gasteiger partial charge in [0.1, 0.15) is 12.4 Å². The van der Waals surface area contributed by atoms with Crippen molar-refractivity contribution in [1.29, 1.82) is 0 Å². The van der Waals surface area contributed by atoms with Crippen LogP contribution in [0, 0.1) is 20.8 Å². The first-order valence-electron chi connectivity index (χ1n) is 15.1. The molecular formula is C36H37BrN2O6S. The van der Waals surface area contributed by atoms with Gasteiger partial charge in [0.25, 0.3) is 5.56 Å². The maximum atomic E-state index is 14.1. The Bertz CT molecular complexity index is 2000. The molecule has 10 heteroatoms. The van der Waals surface area contributed by atoms with Gasteiger partial charge in [-0.2, -0.15) is 0 Å². The van der Waals surface area contributed by atoms with Crippen LogP contribution >= 0.6 is 27.3 Å². The van der Waals surface area contributed by atoms with Crippen LogP contribution in [0.5, 0.6) is 17.2 Å². The summed E-state index contributed by atoms with van der Waals surface area (Å²) in [6.45, 7) is 12.8. The van der Waals surface area contributed by atoms with Gasteiger partial charge in [-0.15, -0.1) is 0 Å². The van der Waals surface area contributed by atoms with Gasteiger partial charge in [0.05, 0.1) is 46.6 Å². The second kappa shape index (κ2) is 14.1. The van der Waals surface area contributed by atoms with Crippen molar-refractivity contribution in [1.82, 2.24) is 4.57 Å². The Balaban J connectivity index is 1.56. The number of halogens is 1. The maximum Gasteiger partial charge on any atom is 0.338 e. The molecule has 0 saturated carbocycles. The molecular weight excluding hydrogens is 668 g/mol. The van der Waals surface area contributed by atoms with E-state index in [0.29, 0.717) is 55.5 Å². The summed E-state index contributed by atoms with van der Waals surface area (Å²) in [4.78, 5) is 32.5. The van der Waals surface area contributed by atoms with Gasteiger partial charge in [0.2, 0.25) is 0 Å². The van der Waals surface area contributed by atoms with Crippen molar-refractivity contribution in [3.8, 4) is 17.2 Å². The number of fused-ring (bicyclic) bond motifs is 1. The number of benzene rings is 3. The minimum Gasteiger partial charge on any atom is -0.496 e. The fourth-order valence-electron chi connectivity index (χ4n) is 5.70. The molecule has 0 fully saturated rings. The van der Waals surface area contributed by atoms with Gasteiger partial charge in [0.15, 0.2) is 16.3 Å². The van der Waals surface area contributed by atoms with Crippen molar-refractivity contribution >= 4 is 39.3 Å². The highest BCUT2D eigenvalue weighted by Crippen LogP contribution is 2.35. The van der Waals surface area contributed by atoms with Gasteiger partial charge in [-0.05, 0) is 116 Å². The number of allylic oxidation sites excluding steroid dienone is 1. The number of hydrogen-bond donors (Lipinski definition) is 0. The Morgan fingerprint density at radius 1 is 0.957 bits per heavy atom. The number of carbonyl (C=O) groups excluding carboxylic acids is 1. The fraction of sp³-hybridized carbons (Fsp3) is 0.306. The number of carbonyl (C=O) groups is 1. The Labute approximate surface area is 280 Å². The second-order valence-electron chi connectivity index (χ2n) is 11.0. The van der Waals surface area contributed by atoms with Gasteiger partial charge < -0.3 is 18.9 Å². The molecule has 2 heterocycles. The van der Waals surface area contributed by atoms with Crippen LogP contribution in [0.15, 0.2) is 74.1 Å². The summed E-state index contributed by atoms with van der Waals surface area (Å²) in [6, 6.07) is 14.7. The Morgan fingerprint density at radius 3 is 2.33 bits per heavy atom. The van der Waals surface area contributed by atoms with Gasteiger partial charge in [-0.1, -0.05) is 41.2 Å². The number of ether oxygens (including phenoxy) is 4. The molecule has 1 aromatic heterocycles. The SMILES string of the molecule is CCOC(=O)C1=C(C)N=c2s/c(=C/c3ccc(OCc4c(C)cc(C)cc4C)c(OCC)c3)c(=O)n2[C@@H]1c1ccc(OC)c(Br)c1. The summed E-state index contributed by atoms with van der Waals surface area (Å²) in [5, 5.41) is 0. The zero-order valence-electron chi connectivity index (χ0n) is 27.0. The predicted octanol–water partition coefficient (Wildman–Crippen LogP) is 6.47. The van der Waals surface area contributed by atoms with E-state index in [1.54, 1.807) is 31.6 Å². The van der Waals surface area contributed by atoms with Gasteiger partial charge >= 0.3 is 5.97 Å². The van der Waals surface area contributed by atoms with Crippen LogP contribution < -0.4 is 29.1 Å². The van der Waals surface area contributed by atoms with Crippen LogP contribution in [-0.4, -0.2) is 30.9 Å². The summed E-state index contributed by atoms with van der Waals surface area (Å²) < 4.78 is 25.8. The molecule has 0 aliphatic carbocycles. The molecule has 0 bridgehead atoms. The largest absolute Gasteiger partial charge is 0.496 e. The van der Waals surface area contributed by atoms with Crippen molar-refractivity contribution in [3.05, 3.63) is 117 Å². The third-order valence-electron chi connectivity index (χ3n) is 7.79. The van der Waals surface area contributed by atoms with Gasteiger partial charge in [-0.25, -0.2) is 9.79 Å². The lowest BCUT2D eigenvalue weighted by Gasteiger charge is -2.25. The number of aromatic nitrogens is 1. The van der Waals surface area contributed by atoms with E-state index in [4.69, 9.17) is 18.9 Å². The lowest BCUT2D eigenvalue weighted by Crippen LogP contribution is -2.39. The summed E-state index contributed by atoms with van der Waals surface area (Å²) in [5.41, 5.74) is 6.78. The van der Waals surface area contributed by atoms with Crippen LogP contribution in [0.1, 0.15) is 60.2 Å². The highest BCUT2D eigenvalue weighted by Gasteiger charge is 2.33. The second-order valence-corrected chi connectivity index (χ2v) is 12.9. The number of nitrogens with zero attached hydrogens (tertiary/aromatic N) is 2. The molecule has 3 aromatic carbocycles. The molecule has 0 N–H and O–H groups in total. The minimum atomic E-state index is -0.733. The quantitative estimate of drug-likeness (QED) is 0.176. The molecule has 1 aliphatic heterocycles. The van der Waals surface area contributed by atoms with E-state index in [2.05, 4.69) is 53.8 Å². The third kappa shape index (κ3) is 6.69. The molecule has 8 nitrogen and oxygen atoms in total. The Morgan fingerprint density at radius 2 is 1.67 bits per heavy atom. The minimum absolute atomic E-state index is 0.200. The topological polar surface area (TPSA) is 88.4 Å². The number of esters is 1. The molecule has 0 unspecified atom stereocenters. The maximum absolute atomic E-state index is 14.1. The number of rotatable bonds is 10. The molecule has 1 aliphatic rings. The monoisotopic (exact) mass is 704 g/mol. The average Bonchev–Trinajstić information content (AvgIpc) is 3.30. The van der Waals surface area contributed by atoms with Crippen molar-refractivity contribution in [2.24, 2.45) is 4.99 Å². The zero-order valence-corrected chi connectivity index (χ0v) is 29.4. The van der Waals surface area contributed by atoms with Crippen LogP contribution in [-0.2, 0) is 16.1 Å². The smallest absolute Gasteiger partial charge is 0.338 e. The van der Waals surface area contributed by atoms with E-state index in [9.17, 15) is 9.59 Å². The van der Waals surface area contributed by atoms with E-state index in [1.165, 1.54) is 28.0 Å². The van der Waals surface area contributed by atoms with Crippen molar-refractivity contribution in [2.45, 2.75) is 54.2 Å². The molecule has 1 atom stereocenters. The van der Waals surface area contributed by atoms with Crippen LogP contribution in [0.4, 0.5) is 0 Å². The lowest BCUT2D eigenvalue weighted by molar-refractivity contribution is -0.139. The van der Waals surface area contributed by atoms with Crippen LogP contribution in [0.2, 0.25) is 0 Å². The number of hydrogen-bond acceptors (Lipinski definition) is 8. The van der Waals surface area contributed by atoms with Crippen molar-refractivity contribution < 1.29 is 23.7 Å². The molecule has 0 saturated heterocycles. The number of aryl methyl sites for hydroxylation is 3. The molecule has 240 valence electrons. The van der Waals surface area contributed by atoms with E-state index >= 15 is 0 Å². The standard InChI is InChI=1S/C36H37BrN2O6S/c1-8-43-30-16-24(10-12-29(30)45-19-26-21(4)14-20(3)15-22(26)5)17-31-34(40)39-33(25-11-13-28(42-7)27(37)18-25)32(35(41)44-9-2)23(6)38-36(39)46-31/h10-18,33H,8-9,19H2,1-7H3/b31-17+/t33-/m1/s1. The molecule has 5 rings (SSSR count). The van der Waals surface area contributed by atoms with Crippen LogP contribution in [0.3, 0.4) is 0 Å². The predicted molar refractivity (Wildman–Crippen MR) is 184 cm³/mol. The highest BCUT2D eigenvalue weighted by molar-refractivity contribution is 9.10. The van der Waals surface area contributed by atoms with Gasteiger partial charge in [0, 0.05) is 0 Å². The molecule has 0 spiro atoms. The highest BCUT2D eigenvalue weighted by atomic mass is 79.9. The Kier molecular flexibility index (Phi) is 10.2. The summed E-state index contributed by atoms with van der Waals surface area (Å²) in [6.07, 6.45) is 1.81. The lowest BCUT2D eigenvalue weighted by atomic mass is 9.96. The number of thiazole rings is 1. The van der Waals surface area contributed by atoms with E-state index in [-0.39, 0.29) is 12.2 Å². The van der Waals surface area contributed by atoms with Crippen molar-refractivity contribution in [2.75, 3.05) is 20.3 Å². The van der Waals surface area contributed by atoms with Crippen LogP contribution in [0.25, 0.3) is 6.08 Å². The first-order valence-corrected chi connectivity index (χ1v) is 16.7. The summed E-state index contributed by atoms with van der Waals surface area (Å²) >= 11 is 4.82. The van der Waals surface area contributed by atoms with Gasteiger partial charge in [-0.3, -0.25) is 9.36 Å². The molecule has 46 heavy (non-hydrogen) atoms. The normalized spacial score (nSPS) is 14.5. The summed E-state index contributed by atoms with van der Waals surface area (Å²) in [7, 11) is 1.58. The van der Waals surface area contributed by atoms with Crippen molar-refractivity contribution in [3.63, 3.8) is 0 Å². The zero-order chi connectivity index (χ0) is 33.1. The third-order valence-corrected chi connectivity index (χ3v) is 9.39. The molecule has 0 amide bonds. The fourth-order valence-corrected chi connectivity index (χ4v) is 7.31. The van der Waals surface area contributed by atoms with E-state index in [1.807, 2.05) is 43.3 Å². The molecule has 4 aromatic rings. The Hall–Kier alpha value is -4.15. The molecule has 0 radical (unpaired) electrons. The summed E-state index contributed by atoms with van der Waals surface area (Å²) in [5.74, 6) is 1.34. The first-order chi connectivity index (χ1) is 22.1. The first kappa shape index (κ1) is 33.2.